The molecule has 0 aliphatic carbocycles. The first-order valence-corrected chi connectivity index (χ1v) is 10.5. The lowest BCUT2D eigenvalue weighted by Gasteiger charge is -2.15. The molecule has 8 heteroatoms. The zero-order valence-electron chi connectivity index (χ0n) is 18.4. The number of esters is 1. The number of guanidine groups is 1. The summed E-state index contributed by atoms with van der Waals surface area (Å²) in [5.74, 6) is 1.97. The first-order valence-electron chi connectivity index (χ1n) is 10.5. The third-order valence-corrected chi connectivity index (χ3v) is 4.80. The largest absolute Gasteiger partial charge is 0.493 e. The molecule has 1 aromatic carbocycles. The number of carbonyl (C=O) groups excluding carboxylic acids is 1. The van der Waals surface area contributed by atoms with Crippen molar-refractivity contribution in [2.24, 2.45) is 10.9 Å². The smallest absolute Gasteiger partial charge is 0.305 e. The number of nitrogens with zero attached hydrogens (tertiary/aromatic N) is 1. The lowest BCUT2D eigenvalue weighted by molar-refractivity contribution is -0.140. The van der Waals surface area contributed by atoms with Crippen LogP contribution >= 0.6 is 24.0 Å². The zero-order valence-corrected chi connectivity index (χ0v) is 20.7. The molecule has 30 heavy (non-hydrogen) atoms. The summed E-state index contributed by atoms with van der Waals surface area (Å²) in [6, 6.07) is 6.25. The van der Waals surface area contributed by atoms with E-state index < -0.39 is 0 Å². The number of hydrogen-bond acceptors (Lipinski definition) is 5. The van der Waals surface area contributed by atoms with Crippen LogP contribution < -0.4 is 15.4 Å². The monoisotopic (exact) mass is 533 g/mol. The summed E-state index contributed by atoms with van der Waals surface area (Å²) >= 11 is 0. The minimum Gasteiger partial charge on any atom is -0.493 e. The number of rotatable bonds is 11. The average Bonchev–Trinajstić information content (AvgIpc) is 3.24. The molecule has 0 amide bonds. The van der Waals surface area contributed by atoms with Crippen LogP contribution in [0.2, 0.25) is 0 Å². The molecular formula is C22H36IN3O4. The van der Waals surface area contributed by atoms with Gasteiger partial charge in [-0.15, -0.1) is 24.0 Å². The molecule has 2 rings (SSSR count). The van der Waals surface area contributed by atoms with Gasteiger partial charge in [-0.1, -0.05) is 12.1 Å². The van der Waals surface area contributed by atoms with E-state index in [1.807, 2.05) is 6.92 Å². The molecule has 1 aliphatic rings. The normalized spacial score (nSPS) is 16.0. The van der Waals surface area contributed by atoms with Gasteiger partial charge in [0.25, 0.3) is 0 Å². The van der Waals surface area contributed by atoms with E-state index in [-0.39, 0.29) is 29.9 Å². The summed E-state index contributed by atoms with van der Waals surface area (Å²) in [5, 5.41) is 6.58. The zero-order chi connectivity index (χ0) is 20.9. The molecular weight excluding hydrogens is 497 g/mol. The second-order valence-electron chi connectivity index (χ2n) is 7.31. The number of unbranched alkanes of at least 4 members (excludes halogenated alkanes) is 1. The third-order valence-electron chi connectivity index (χ3n) is 4.80. The van der Waals surface area contributed by atoms with Crippen LogP contribution in [-0.4, -0.2) is 51.9 Å². The molecule has 1 aromatic rings. The lowest BCUT2D eigenvalue weighted by atomic mass is 10.1. The van der Waals surface area contributed by atoms with Crippen LogP contribution in [0.25, 0.3) is 0 Å². The van der Waals surface area contributed by atoms with E-state index in [9.17, 15) is 4.79 Å². The Morgan fingerprint density at radius 3 is 2.83 bits per heavy atom. The maximum Gasteiger partial charge on any atom is 0.305 e. The summed E-state index contributed by atoms with van der Waals surface area (Å²) in [5.41, 5.74) is 2.24. The van der Waals surface area contributed by atoms with Gasteiger partial charge in [0.15, 0.2) is 5.96 Å². The van der Waals surface area contributed by atoms with E-state index >= 15 is 0 Å². The molecule has 0 saturated carbocycles. The maximum absolute atomic E-state index is 11.2. The van der Waals surface area contributed by atoms with Gasteiger partial charge in [-0.2, -0.15) is 0 Å². The maximum atomic E-state index is 11.2. The summed E-state index contributed by atoms with van der Waals surface area (Å²) < 4.78 is 16.2. The molecule has 0 radical (unpaired) electrons. The molecule has 1 heterocycles. The highest BCUT2D eigenvalue weighted by Gasteiger charge is 2.17. The molecule has 1 saturated heterocycles. The lowest BCUT2D eigenvalue weighted by Crippen LogP contribution is -2.37. The number of halogens is 1. The van der Waals surface area contributed by atoms with Gasteiger partial charge in [-0.3, -0.25) is 4.79 Å². The van der Waals surface area contributed by atoms with E-state index in [4.69, 9.17) is 14.5 Å². The van der Waals surface area contributed by atoms with E-state index in [2.05, 4.69) is 40.5 Å². The first kappa shape index (κ1) is 26.5. The number of hydrogen-bond donors (Lipinski definition) is 2. The quantitative estimate of drug-likeness (QED) is 0.149. The van der Waals surface area contributed by atoms with Gasteiger partial charge in [-0.05, 0) is 44.7 Å². The van der Waals surface area contributed by atoms with Crippen molar-refractivity contribution < 1.29 is 19.0 Å². The minimum atomic E-state index is -0.165. The fourth-order valence-electron chi connectivity index (χ4n) is 3.06. The van der Waals surface area contributed by atoms with E-state index in [1.165, 1.54) is 12.7 Å². The molecule has 0 aromatic heterocycles. The number of ether oxygens (including phenoxy) is 3. The number of nitrogens with one attached hydrogen (secondary N) is 2. The van der Waals surface area contributed by atoms with Crippen LogP contribution in [0.15, 0.2) is 23.2 Å². The summed E-state index contributed by atoms with van der Waals surface area (Å²) in [6.07, 6.45) is 3.17. The van der Waals surface area contributed by atoms with Crippen molar-refractivity contribution in [3.05, 3.63) is 29.3 Å². The van der Waals surface area contributed by atoms with Crippen LogP contribution in [0.4, 0.5) is 0 Å². The van der Waals surface area contributed by atoms with E-state index in [0.717, 1.165) is 62.8 Å². The second-order valence-corrected chi connectivity index (χ2v) is 7.31. The molecule has 1 unspecified atom stereocenters. The van der Waals surface area contributed by atoms with Crippen molar-refractivity contribution in [3.63, 3.8) is 0 Å². The molecule has 1 fully saturated rings. The predicted molar refractivity (Wildman–Crippen MR) is 130 cm³/mol. The highest BCUT2D eigenvalue weighted by Crippen LogP contribution is 2.23. The van der Waals surface area contributed by atoms with Crippen molar-refractivity contribution in [2.45, 2.75) is 46.1 Å². The SMILES string of the molecule is CCNC(=NCc1ccc(C)cc1OCC1CCOC1)NCCCCC(=O)OC.I. The molecule has 1 atom stereocenters. The molecule has 2 N–H and O–H groups in total. The molecule has 0 spiro atoms. The minimum absolute atomic E-state index is 0. The van der Waals surface area contributed by atoms with Crippen molar-refractivity contribution in [3.8, 4) is 5.75 Å². The Labute approximate surface area is 197 Å². The standard InChI is InChI=1S/C22H35N3O4.HI/c1-4-23-22(24-11-6-5-7-21(26)27-3)25-14-19-9-8-17(2)13-20(19)29-16-18-10-12-28-15-18;/h8-9,13,18H,4-7,10-12,14-16H2,1-3H3,(H2,23,24,25);1H. The predicted octanol–water partition coefficient (Wildman–Crippen LogP) is 3.43. The van der Waals surface area contributed by atoms with Crippen LogP contribution in [0.3, 0.4) is 0 Å². The van der Waals surface area contributed by atoms with E-state index in [1.54, 1.807) is 0 Å². The van der Waals surface area contributed by atoms with Gasteiger partial charge in [0.05, 0.1) is 26.9 Å². The van der Waals surface area contributed by atoms with Gasteiger partial charge in [-0.25, -0.2) is 4.99 Å². The van der Waals surface area contributed by atoms with Crippen molar-refractivity contribution in [1.29, 1.82) is 0 Å². The number of methoxy groups -OCH3 is 1. The third kappa shape index (κ3) is 9.97. The first-order chi connectivity index (χ1) is 14.1. The van der Waals surface area contributed by atoms with E-state index in [0.29, 0.717) is 25.5 Å². The van der Waals surface area contributed by atoms with Gasteiger partial charge in [0, 0.05) is 37.6 Å². The molecule has 1 aliphatic heterocycles. The fourth-order valence-corrected chi connectivity index (χ4v) is 3.06. The molecule has 0 bridgehead atoms. The highest BCUT2D eigenvalue weighted by molar-refractivity contribution is 14.0. The Morgan fingerprint density at radius 2 is 2.13 bits per heavy atom. The number of carbonyl (C=O) groups is 1. The fraction of sp³-hybridized carbons (Fsp3) is 0.636. The Balaban J connectivity index is 0.00000450. The number of benzene rings is 1. The highest BCUT2D eigenvalue weighted by atomic mass is 127. The van der Waals surface area contributed by atoms with Gasteiger partial charge in [0.1, 0.15) is 5.75 Å². The van der Waals surface area contributed by atoms with Crippen LogP contribution in [0.5, 0.6) is 5.75 Å². The van der Waals surface area contributed by atoms with Gasteiger partial charge < -0.3 is 24.8 Å². The molecule has 7 nitrogen and oxygen atoms in total. The number of aliphatic imine (C=N–C) groups is 1. The Bertz CT molecular complexity index is 664. The second kappa shape index (κ2) is 15.3. The summed E-state index contributed by atoms with van der Waals surface area (Å²) in [4.78, 5) is 15.9. The van der Waals surface area contributed by atoms with Gasteiger partial charge in [0.2, 0.25) is 0 Å². The summed E-state index contributed by atoms with van der Waals surface area (Å²) in [7, 11) is 1.42. The topological polar surface area (TPSA) is 81.2 Å². The van der Waals surface area contributed by atoms with Gasteiger partial charge >= 0.3 is 5.97 Å². The Morgan fingerprint density at radius 1 is 1.30 bits per heavy atom. The average molecular weight is 533 g/mol. The summed E-state index contributed by atoms with van der Waals surface area (Å²) in [6.45, 7) is 8.47. The Hall–Kier alpha value is -1.55. The van der Waals surface area contributed by atoms with Crippen molar-refractivity contribution in [2.75, 3.05) is 40.0 Å². The number of aryl methyl sites for hydroxylation is 1. The van der Waals surface area contributed by atoms with Crippen LogP contribution in [0.1, 0.15) is 43.7 Å². The Kier molecular flexibility index (Phi) is 13.5. The van der Waals surface area contributed by atoms with Crippen molar-refractivity contribution in [1.82, 2.24) is 10.6 Å². The van der Waals surface area contributed by atoms with Crippen LogP contribution in [-0.2, 0) is 20.8 Å². The van der Waals surface area contributed by atoms with Crippen LogP contribution in [0, 0.1) is 12.8 Å². The molecule has 170 valence electrons. The van der Waals surface area contributed by atoms with Crippen molar-refractivity contribution >= 4 is 35.9 Å².